The quantitative estimate of drug-likeness (QED) is 0.173. The molecule has 7 nitrogen and oxygen atoms in total. The van der Waals surface area contributed by atoms with Gasteiger partial charge in [-0.1, -0.05) is 84.9 Å². The Morgan fingerprint density at radius 1 is 0.389 bits per heavy atom. The normalized spacial score (nSPS) is 13.2. The highest BCUT2D eigenvalue weighted by Gasteiger charge is 2.46. The van der Waals surface area contributed by atoms with Crippen LogP contribution in [0.25, 0.3) is 66.6 Å². The maximum Gasteiger partial charge on any atom is 0.270 e. The third-order valence-corrected chi connectivity index (χ3v) is 11.3. The van der Waals surface area contributed by atoms with Crippen LogP contribution in [0, 0.1) is 0 Å². The molecule has 0 N–H and O–H groups in total. The molecule has 0 saturated heterocycles. The minimum absolute atomic E-state index is 0.0653. The van der Waals surface area contributed by atoms with Crippen LogP contribution < -0.4 is 30.6 Å². The topological polar surface area (TPSA) is 63.3 Å². The van der Waals surface area contributed by atoms with E-state index < -0.39 is 0 Å². The number of rotatable bonds is 3. The van der Waals surface area contributed by atoms with Crippen molar-refractivity contribution in [1.29, 1.82) is 0 Å². The van der Waals surface area contributed by atoms with Gasteiger partial charge in [-0.05, 0) is 60.7 Å². The number of aromatic nitrogens is 4. The summed E-state index contributed by atoms with van der Waals surface area (Å²) in [6.07, 6.45) is 0. The number of ether oxygens (including phenoxy) is 3. The highest BCUT2D eigenvalue weighted by molar-refractivity contribution is 6.99. The van der Waals surface area contributed by atoms with Gasteiger partial charge in [0.25, 0.3) is 6.71 Å². The van der Waals surface area contributed by atoms with Crippen LogP contribution in [-0.2, 0) is 0 Å². The zero-order chi connectivity index (χ0) is 35.1. The van der Waals surface area contributed by atoms with Gasteiger partial charge in [0.05, 0.1) is 27.8 Å². The second-order valence-corrected chi connectivity index (χ2v) is 14.1. The summed E-state index contributed by atoms with van der Waals surface area (Å²) in [4.78, 5) is 10.8. The second-order valence-electron chi connectivity index (χ2n) is 14.1. The summed E-state index contributed by atoms with van der Waals surface area (Å²) >= 11 is 0. The first kappa shape index (κ1) is 28.3. The molecule has 0 unspecified atom stereocenters. The van der Waals surface area contributed by atoms with Crippen LogP contribution in [0.5, 0.6) is 34.5 Å². The fraction of sp³-hybridized carbons (Fsp3) is 0. The van der Waals surface area contributed by atoms with Crippen LogP contribution in [0.1, 0.15) is 0 Å². The van der Waals surface area contributed by atoms with Gasteiger partial charge in [0, 0.05) is 49.6 Å². The molecule has 6 heterocycles. The Labute approximate surface area is 308 Å². The predicted molar refractivity (Wildman–Crippen MR) is 214 cm³/mol. The molecule has 0 bridgehead atoms. The van der Waals surface area contributed by atoms with Gasteiger partial charge < -0.3 is 14.2 Å². The summed E-state index contributed by atoms with van der Waals surface area (Å²) in [6, 6.07) is 52.3. The molecule has 0 aliphatic carbocycles. The molecule has 54 heavy (non-hydrogen) atoms. The minimum Gasteiger partial charge on any atom is -0.458 e. The van der Waals surface area contributed by atoms with E-state index in [1.54, 1.807) is 0 Å². The van der Waals surface area contributed by atoms with Gasteiger partial charge in [0.15, 0.2) is 0 Å². The van der Waals surface area contributed by atoms with Crippen molar-refractivity contribution in [1.82, 2.24) is 19.1 Å². The summed E-state index contributed by atoms with van der Waals surface area (Å²) in [5, 5.41) is 4.62. The van der Waals surface area contributed by atoms with Gasteiger partial charge in [-0.3, -0.25) is 9.13 Å². The predicted octanol–water partition coefficient (Wildman–Crippen LogP) is 9.17. The van der Waals surface area contributed by atoms with E-state index in [1.807, 2.05) is 36.4 Å². The average Bonchev–Trinajstić information content (AvgIpc) is 3.74. The number of nitrogens with zero attached hydrogens (tertiary/aromatic N) is 4. The fourth-order valence-electron chi connectivity index (χ4n) is 9.06. The van der Waals surface area contributed by atoms with E-state index in [0.717, 1.165) is 101 Å². The summed E-state index contributed by atoms with van der Waals surface area (Å²) in [6.45, 7) is -0.0653. The lowest BCUT2D eigenvalue weighted by Crippen LogP contribution is -2.59. The Morgan fingerprint density at radius 3 is 1.28 bits per heavy atom. The third-order valence-electron chi connectivity index (χ3n) is 11.3. The maximum absolute atomic E-state index is 6.73. The number of hydrogen-bond donors (Lipinski definition) is 0. The molecule has 3 aromatic heterocycles. The van der Waals surface area contributed by atoms with E-state index in [-0.39, 0.29) is 6.71 Å². The van der Waals surface area contributed by atoms with Gasteiger partial charge in [-0.25, -0.2) is 4.98 Å². The molecule has 13 rings (SSSR count). The molecule has 0 spiro atoms. The summed E-state index contributed by atoms with van der Waals surface area (Å²) in [5.41, 5.74) is 8.90. The van der Waals surface area contributed by atoms with Crippen LogP contribution in [-0.4, -0.2) is 25.8 Å². The molecule has 0 saturated carbocycles. The number of hydrogen-bond acceptors (Lipinski definition) is 5. The highest BCUT2D eigenvalue weighted by atomic mass is 16.5. The van der Waals surface area contributed by atoms with Crippen molar-refractivity contribution in [2.45, 2.75) is 0 Å². The zero-order valence-electron chi connectivity index (χ0n) is 28.5. The Hall–Kier alpha value is -7.32. The molecule has 250 valence electrons. The SMILES string of the molecule is c1cc2c3c(c1)Oc1cc(-c4cc(-n5c6ccccc6c6ccccc65)nc(-n5c6ccccc6c6ccccc65)n4)cc4c1B3c1c(cccc1O4)O2. The van der Waals surface area contributed by atoms with Gasteiger partial charge in [-0.15, -0.1) is 0 Å². The van der Waals surface area contributed by atoms with E-state index in [9.17, 15) is 0 Å². The highest BCUT2D eigenvalue weighted by Crippen LogP contribution is 2.44. The number of fused-ring (bicyclic) bond motifs is 6. The van der Waals surface area contributed by atoms with E-state index in [4.69, 9.17) is 24.2 Å². The molecule has 0 radical (unpaired) electrons. The van der Waals surface area contributed by atoms with Gasteiger partial charge in [0.1, 0.15) is 40.3 Å². The Morgan fingerprint density at radius 2 is 0.796 bits per heavy atom. The van der Waals surface area contributed by atoms with Gasteiger partial charge >= 0.3 is 0 Å². The summed E-state index contributed by atoms with van der Waals surface area (Å²) in [5.74, 6) is 6.02. The number of benzene rings is 7. The first-order valence-corrected chi connectivity index (χ1v) is 18.1. The van der Waals surface area contributed by atoms with E-state index >= 15 is 0 Å². The van der Waals surface area contributed by atoms with Crippen LogP contribution in [0.15, 0.2) is 152 Å². The molecule has 10 aromatic rings. The Balaban J connectivity index is 1.11. The lowest BCUT2D eigenvalue weighted by molar-refractivity contribution is 0.443. The van der Waals surface area contributed by atoms with Gasteiger partial charge in [0.2, 0.25) is 5.95 Å². The zero-order valence-corrected chi connectivity index (χ0v) is 28.5. The average molecular weight is 693 g/mol. The van der Waals surface area contributed by atoms with Crippen molar-refractivity contribution in [3.8, 4) is 57.5 Å². The van der Waals surface area contributed by atoms with E-state index in [1.165, 1.54) is 10.8 Å². The summed E-state index contributed by atoms with van der Waals surface area (Å²) in [7, 11) is 0. The molecule has 3 aliphatic heterocycles. The Kier molecular flexibility index (Phi) is 5.33. The largest absolute Gasteiger partial charge is 0.458 e. The van der Waals surface area contributed by atoms with Crippen LogP contribution >= 0.6 is 0 Å². The molecular formula is C46H25BN4O3. The maximum atomic E-state index is 6.73. The molecule has 8 heteroatoms. The standard InChI is InChI=1S/C46H25BN4O3/c1-5-15-32-27(11-1)28-12-2-6-16-33(28)50(32)42-25-31(48-46(49-42)51-34-17-7-3-13-29(34)30-14-4-8-18-35(30)51)26-23-40-45-41(24-26)54-39-22-10-20-37-44(39)47(45)43-36(52-37)19-9-21-38(43)53-40/h1-25H. The first-order valence-electron chi connectivity index (χ1n) is 18.1. The van der Waals surface area contributed by atoms with Crippen molar-refractivity contribution in [2.75, 3.05) is 0 Å². The van der Waals surface area contributed by atoms with Crippen molar-refractivity contribution in [2.24, 2.45) is 0 Å². The lowest BCUT2D eigenvalue weighted by Gasteiger charge is -2.37. The lowest BCUT2D eigenvalue weighted by atomic mass is 9.34. The van der Waals surface area contributed by atoms with Crippen molar-refractivity contribution in [3.63, 3.8) is 0 Å². The van der Waals surface area contributed by atoms with E-state index in [0.29, 0.717) is 5.95 Å². The first-order chi connectivity index (χ1) is 26.8. The molecule has 3 aliphatic rings. The fourth-order valence-corrected chi connectivity index (χ4v) is 9.06. The summed E-state index contributed by atoms with van der Waals surface area (Å²) < 4.78 is 24.3. The van der Waals surface area contributed by atoms with Crippen molar-refractivity contribution < 1.29 is 14.2 Å². The molecule has 7 aromatic carbocycles. The van der Waals surface area contributed by atoms with E-state index in [2.05, 4.69) is 124 Å². The number of para-hydroxylation sites is 4. The van der Waals surface area contributed by atoms with Crippen LogP contribution in [0.2, 0.25) is 0 Å². The monoisotopic (exact) mass is 692 g/mol. The van der Waals surface area contributed by atoms with Crippen molar-refractivity contribution in [3.05, 3.63) is 152 Å². The second kappa shape index (κ2) is 10.2. The smallest absolute Gasteiger partial charge is 0.270 e. The van der Waals surface area contributed by atoms with Gasteiger partial charge in [-0.2, -0.15) is 4.98 Å². The molecule has 0 amide bonds. The minimum atomic E-state index is -0.0653. The molecule has 0 atom stereocenters. The van der Waals surface area contributed by atoms with Crippen LogP contribution in [0.3, 0.4) is 0 Å². The van der Waals surface area contributed by atoms with Crippen LogP contribution in [0.4, 0.5) is 0 Å². The molecule has 0 fully saturated rings. The van der Waals surface area contributed by atoms with Crippen molar-refractivity contribution >= 4 is 66.7 Å². The third kappa shape index (κ3) is 3.66. The Bertz CT molecular complexity index is 2980. The molecular weight excluding hydrogens is 667 g/mol.